The normalized spacial score (nSPS) is 26.2. The van der Waals surface area contributed by atoms with Crippen LogP contribution in [0.4, 0.5) is 4.79 Å². The van der Waals surface area contributed by atoms with E-state index in [1.54, 1.807) is 0 Å². The minimum absolute atomic E-state index is 0.0111. The Bertz CT molecular complexity index is 694. The highest BCUT2D eigenvalue weighted by Crippen LogP contribution is 2.25. The molecule has 2 atom stereocenters. The first kappa shape index (κ1) is 18.7. The summed E-state index contributed by atoms with van der Waals surface area (Å²) in [5, 5.41) is 0. The van der Waals surface area contributed by atoms with Gasteiger partial charge in [-0.05, 0) is 18.6 Å². The van der Waals surface area contributed by atoms with Crippen molar-refractivity contribution in [3.05, 3.63) is 21.9 Å². The molecule has 27 heavy (non-hydrogen) atoms. The van der Waals surface area contributed by atoms with Gasteiger partial charge in [-0.1, -0.05) is 6.92 Å². The van der Waals surface area contributed by atoms with Gasteiger partial charge in [0.1, 0.15) is 13.2 Å². The summed E-state index contributed by atoms with van der Waals surface area (Å²) in [5.74, 6) is 0.314. The van der Waals surface area contributed by atoms with Crippen LogP contribution < -0.4 is 0 Å². The molecule has 148 valence electrons. The molecule has 1 aromatic rings. The molecule has 0 radical (unpaired) electrons. The fourth-order valence-electron chi connectivity index (χ4n) is 4.06. The Kier molecular flexibility index (Phi) is 5.66. The lowest BCUT2D eigenvalue weighted by molar-refractivity contribution is -0.133. The van der Waals surface area contributed by atoms with E-state index in [4.69, 9.17) is 9.47 Å². The van der Waals surface area contributed by atoms with E-state index in [0.29, 0.717) is 45.4 Å². The maximum atomic E-state index is 12.8. The van der Waals surface area contributed by atoms with Gasteiger partial charge >= 0.3 is 6.09 Å². The van der Waals surface area contributed by atoms with Gasteiger partial charge in [0.25, 0.3) is 0 Å². The highest BCUT2D eigenvalue weighted by Gasteiger charge is 2.36. The monoisotopic (exact) mass is 393 g/mol. The van der Waals surface area contributed by atoms with Gasteiger partial charge in [0, 0.05) is 41.9 Å². The molecule has 0 spiro atoms. The summed E-state index contributed by atoms with van der Waals surface area (Å²) < 4.78 is 10.8. The second-order valence-corrected chi connectivity index (χ2v) is 8.80. The lowest BCUT2D eigenvalue weighted by Gasteiger charge is -2.31. The third-order valence-corrected chi connectivity index (χ3v) is 6.75. The summed E-state index contributed by atoms with van der Waals surface area (Å²) in [6.45, 7) is 7.72. The molecular weight excluding hydrogens is 366 g/mol. The number of carbonyl (C=O) groups excluding carboxylic acids is 2. The highest BCUT2D eigenvalue weighted by molar-refractivity contribution is 7.11. The average molecular weight is 394 g/mol. The molecule has 3 saturated heterocycles. The van der Waals surface area contributed by atoms with E-state index in [0.717, 1.165) is 19.5 Å². The van der Waals surface area contributed by atoms with Crippen molar-refractivity contribution < 1.29 is 19.1 Å². The predicted molar refractivity (Wildman–Crippen MR) is 102 cm³/mol. The SMILES string of the molecule is CCc1ccc(CN2C[C@H]3COC[C@@H]2CN(C(=O)CN2CCOC2=O)C3)s1. The number of cyclic esters (lactones) is 1. The molecule has 7 nitrogen and oxygen atoms in total. The van der Waals surface area contributed by atoms with Gasteiger partial charge in [-0.2, -0.15) is 0 Å². The maximum absolute atomic E-state index is 12.8. The van der Waals surface area contributed by atoms with Gasteiger partial charge < -0.3 is 14.4 Å². The van der Waals surface area contributed by atoms with E-state index < -0.39 is 0 Å². The molecule has 4 rings (SSSR count). The number of hydrogen-bond acceptors (Lipinski definition) is 6. The smallest absolute Gasteiger partial charge is 0.410 e. The van der Waals surface area contributed by atoms with Crippen LogP contribution >= 0.6 is 11.3 Å². The number of aryl methyl sites for hydroxylation is 1. The van der Waals surface area contributed by atoms with Gasteiger partial charge in [-0.3, -0.25) is 14.6 Å². The summed E-state index contributed by atoms with van der Waals surface area (Å²) in [6, 6.07) is 4.63. The lowest BCUT2D eigenvalue weighted by Crippen LogP contribution is -2.48. The number of carbonyl (C=O) groups is 2. The van der Waals surface area contributed by atoms with Crippen molar-refractivity contribution in [1.29, 1.82) is 0 Å². The fourth-order valence-corrected chi connectivity index (χ4v) is 5.04. The molecule has 1 aromatic heterocycles. The van der Waals surface area contributed by atoms with Crippen LogP contribution in [-0.2, 0) is 27.2 Å². The number of nitrogens with zero attached hydrogens (tertiary/aromatic N) is 3. The Morgan fingerprint density at radius 1 is 1.22 bits per heavy atom. The number of ether oxygens (including phenoxy) is 2. The Morgan fingerprint density at radius 3 is 2.81 bits per heavy atom. The zero-order valence-electron chi connectivity index (χ0n) is 15.8. The standard InChI is InChI=1S/C19H27N3O4S/c1-2-16-3-4-17(27-16)10-21-7-14-8-22(9-15(21)13-25-12-14)18(23)11-20-5-6-26-19(20)24/h3-4,14-15H,2,5-13H2,1H3/t14-,15+/m1/s1. The van der Waals surface area contributed by atoms with Gasteiger partial charge in [-0.25, -0.2) is 4.79 Å². The van der Waals surface area contributed by atoms with Crippen molar-refractivity contribution in [3.63, 3.8) is 0 Å². The molecule has 0 N–H and O–H groups in total. The molecular formula is C19H27N3O4S. The fraction of sp³-hybridized carbons (Fsp3) is 0.684. The molecule has 8 heteroatoms. The molecule has 0 unspecified atom stereocenters. The Morgan fingerprint density at radius 2 is 2.07 bits per heavy atom. The highest BCUT2D eigenvalue weighted by atomic mass is 32.1. The van der Waals surface area contributed by atoms with Crippen molar-refractivity contribution in [3.8, 4) is 0 Å². The Balaban J connectivity index is 1.42. The number of thiophene rings is 1. The van der Waals surface area contributed by atoms with Crippen LogP contribution in [0.5, 0.6) is 0 Å². The first-order valence-electron chi connectivity index (χ1n) is 9.71. The topological polar surface area (TPSA) is 62.3 Å². The number of amides is 2. The first-order chi connectivity index (χ1) is 13.1. The van der Waals surface area contributed by atoms with Gasteiger partial charge in [0.2, 0.25) is 5.91 Å². The van der Waals surface area contributed by atoms with Crippen LogP contribution in [0.3, 0.4) is 0 Å². The molecule has 0 aliphatic carbocycles. The Labute approximate surface area is 163 Å². The van der Waals surface area contributed by atoms with Crippen molar-refractivity contribution in [2.75, 3.05) is 52.5 Å². The van der Waals surface area contributed by atoms with Crippen molar-refractivity contribution >= 4 is 23.3 Å². The lowest BCUT2D eigenvalue weighted by atomic mass is 10.1. The molecule has 0 aromatic carbocycles. The van der Waals surface area contributed by atoms with Crippen LogP contribution in [0, 0.1) is 5.92 Å². The second kappa shape index (κ2) is 8.16. The van der Waals surface area contributed by atoms with Crippen LogP contribution in [0.1, 0.15) is 16.7 Å². The van der Waals surface area contributed by atoms with Crippen molar-refractivity contribution in [2.45, 2.75) is 25.9 Å². The summed E-state index contributed by atoms with van der Waals surface area (Å²) >= 11 is 1.88. The van der Waals surface area contributed by atoms with Gasteiger partial charge in [0.05, 0.1) is 25.8 Å². The third kappa shape index (κ3) is 4.28. The summed E-state index contributed by atoms with van der Waals surface area (Å²) in [5.41, 5.74) is 0. The molecule has 3 aliphatic heterocycles. The molecule has 4 heterocycles. The second-order valence-electron chi connectivity index (χ2n) is 7.54. The van der Waals surface area contributed by atoms with Crippen molar-refractivity contribution in [2.24, 2.45) is 5.92 Å². The first-order valence-corrected chi connectivity index (χ1v) is 10.5. The van der Waals surface area contributed by atoms with E-state index in [1.807, 2.05) is 16.2 Å². The molecule has 2 amide bonds. The van der Waals surface area contributed by atoms with Crippen molar-refractivity contribution in [1.82, 2.24) is 14.7 Å². The molecule has 2 bridgehead atoms. The summed E-state index contributed by atoms with van der Waals surface area (Å²) in [4.78, 5) is 33.1. The van der Waals surface area contributed by atoms with Crippen LogP contribution in [0.15, 0.2) is 12.1 Å². The Hall–Kier alpha value is -1.64. The molecule has 3 aliphatic rings. The summed E-state index contributed by atoms with van der Waals surface area (Å²) in [7, 11) is 0. The van der Waals surface area contributed by atoms with Gasteiger partial charge in [-0.15, -0.1) is 11.3 Å². The van der Waals surface area contributed by atoms with E-state index in [9.17, 15) is 9.59 Å². The zero-order chi connectivity index (χ0) is 18.8. The third-order valence-electron chi connectivity index (χ3n) is 5.53. The van der Waals surface area contributed by atoms with Crippen LogP contribution in [-0.4, -0.2) is 85.3 Å². The van der Waals surface area contributed by atoms with Crippen LogP contribution in [0.2, 0.25) is 0 Å². The summed E-state index contributed by atoms with van der Waals surface area (Å²) in [6.07, 6.45) is 0.689. The van der Waals surface area contributed by atoms with Crippen LogP contribution in [0.25, 0.3) is 0 Å². The minimum atomic E-state index is -0.382. The molecule has 3 fully saturated rings. The quantitative estimate of drug-likeness (QED) is 0.757. The zero-order valence-corrected chi connectivity index (χ0v) is 16.6. The van der Waals surface area contributed by atoms with E-state index >= 15 is 0 Å². The maximum Gasteiger partial charge on any atom is 0.410 e. The molecule has 0 saturated carbocycles. The largest absolute Gasteiger partial charge is 0.448 e. The van der Waals surface area contributed by atoms with E-state index in [2.05, 4.69) is 24.0 Å². The van der Waals surface area contributed by atoms with E-state index in [-0.39, 0.29) is 24.6 Å². The van der Waals surface area contributed by atoms with E-state index in [1.165, 1.54) is 14.7 Å². The van der Waals surface area contributed by atoms with Gasteiger partial charge in [0.15, 0.2) is 0 Å². The number of rotatable bonds is 5. The number of hydrogen-bond donors (Lipinski definition) is 0. The number of fused-ring (bicyclic) bond motifs is 3. The average Bonchev–Trinajstić information content (AvgIpc) is 3.15. The minimum Gasteiger partial charge on any atom is -0.448 e. The predicted octanol–water partition coefficient (Wildman–Crippen LogP) is 1.42.